The van der Waals surface area contributed by atoms with Crippen LogP contribution < -0.4 is 5.73 Å². The van der Waals surface area contributed by atoms with E-state index < -0.39 is 47.7 Å². The van der Waals surface area contributed by atoms with E-state index in [0.29, 0.717) is 6.42 Å². The molecule has 2 aliphatic rings. The molecule has 24 heavy (non-hydrogen) atoms. The zero-order valence-electron chi connectivity index (χ0n) is 12.5. The third-order valence-electron chi connectivity index (χ3n) is 5.00. The molecule has 0 radical (unpaired) electrons. The number of halogens is 3. The van der Waals surface area contributed by atoms with Gasteiger partial charge in [0, 0.05) is 11.5 Å². The van der Waals surface area contributed by atoms with Gasteiger partial charge in [0.2, 0.25) is 0 Å². The Morgan fingerprint density at radius 1 is 1.33 bits per heavy atom. The molecule has 0 amide bonds. The Hall–Kier alpha value is -2.09. The quantitative estimate of drug-likeness (QED) is 0.818. The van der Waals surface area contributed by atoms with E-state index in [0.717, 1.165) is 6.07 Å². The number of nitrogens with two attached hydrogens (primary N) is 1. The van der Waals surface area contributed by atoms with Crippen LogP contribution in [0, 0.1) is 17.8 Å². The summed E-state index contributed by atoms with van der Waals surface area (Å²) in [6, 6.07) is 4.81. The lowest BCUT2D eigenvalue weighted by Gasteiger charge is -2.25. The number of carbonyl (C=O) groups excluding carboxylic acids is 1. The Morgan fingerprint density at radius 2 is 2.00 bits per heavy atom. The Labute approximate surface area is 135 Å². The first-order valence-electron chi connectivity index (χ1n) is 7.50. The van der Waals surface area contributed by atoms with Gasteiger partial charge in [-0.2, -0.15) is 13.2 Å². The van der Waals surface area contributed by atoms with Gasteiger partial charge in [-0.15, -0.1) is 0 Å². The molecule has 5 nitrogen and oxygen atoms in total. The van der Waals surface area contributed by atoms with Crippen LogP contribution in [0.3, 0.4) is 0 Å². The summed E-state index contributed by atoms with van der Waals surface area (Å²) in [5.41, 5.74) is 3.58. The van der Waals surface area contributed by atoms with Crippen molar-refractivity contribution < 1.29 is 32.6 Å². The van der Waals surface area contributed by atoms with Gasteiger partial charge < -0.3 is 15.6 Å². The number of hydrogen-bond donors (Lipinski definition) is 2. The number of benzene rings is 1. The zero-order chi connectivity index (χ0) is 17.7. The Kier molecular flexibility index (Phi) is 3.82. The minimum absolute atomic E-state index is 0.150. The zero-order valence-corrected chi connectivity index (χ0v) is 12.5. The maximum absolute atomic E-state index is 12.9. The number of esters is 1. The van der Waals surface area contributed by atoms with Crippen LogP contribution in [0.2, 0.25) is 0 Å². The molecule has 2 fully saturated rings. The fourth-order valence-electron chi connectivity index (χ4n) is 3.78. The molecular formula is C16H16F3NO4. The summed E-state index contributed by atoms with van der Waals surface area (Å²) >= 11 is 0. The summed E-state index contributed by atoms with van der Waals surface area (Å²) in [7, 11) is 0. The predicted octanol–water partition coefficient (Wildman–Crippen LogP) is 2.19. The fraction of sp³-hybridized carbons (Fsp3) is 0.500. The van der Waals surface area contributed by atoms with Crippen molar-refractivity contribution in [2.45, 2.75) is 31.2 Å². The number of fused-ring (bicyclic) bond motifs is 1. The van der Waals surface area contributed by atoms with Crippen LogP contribution >= 0.6 is 0 Å². The summed E-state index contributed by atoms with van der Waals surface area (Å²) in [5.74, 6) is -3.16. The number of ether oxygens (including phenoxy) is 1. The normalized spacial score (nSPS) is 31.4. The van der Waals surface area contributed by atoms with Crippen molar-refractivity contribution in [3.05, 3.63) is 35.4 Å². The molecule has 0 saturated heterocycles. The maximum atomic E-state index is 12.9. The van der Waals surface area contributed by atoms with Gasteiger partial charge in [-0.05, 0) is 24.8 Å². The number of carboxylic acids is 1. The topological polar surface area (TPSA) is 89.6 Å². The minimum Gasteiger partial charge on any atom is -0.481 e. The fourth-order valence-corrected chi connectivity index (χ4v) is 3.78. The molecule has 8 heteroatoms. The summed E-state index contributed by atoms with van der Waals surface area (Å²) < 4.78 is 43.8. The van der Waals surface area contributed by atoms with E-state index in [9.17, 15) is 22.8 Å². The highest BCUT2D eigenvalue weighted by atomic mass is 19.4. The minimum atomic E-state index is -4.55. The van der Waals surface area contributed by atoms with E-state index in [1.54, 1.807) is 0 Å². The Balaban J connectivity index is 1.70. The van der Waals surface area contributed by atoms with Crippen LogP contribution in [-0.4, -0.2) is 22.6 Å². The van der Waals surface area contributed by atoms with Crippen molar-refractivity contribution in [3.8, 4) is 0 Å². The van der Waals surface area contributed by atoms with Crippen molar-refractivity contribution in [1.82, 2.24) is 0 Å². The van der Waals surface area contributed by atoms with Gasteiger partial charge in [0.25, 0.3) is 0 Å². The average Bonchev–Trinajstić information content (AvgIpc) is 3.16. The molecule has 3 rings (SSSR count). The van der Waals surface area contributed by atoms with Crippen molar-refractivity contribution in [3.63, 3.8) is 0 Å². The van der Waals surface area contributed by atoms with Gasteiger partial charge in [-0.3, -0.25) is 9.59 Å². The lowest BCUT2D eigenvalue weighted by Crippen LogP contribution is -2.50. The van der Waals surface area contributed by atoms with Crippen LogP contribution in [0.5, 0.6) is 0 Å². The number of carboxylic acid groups (broad SMARTS) is 1. The highest BCUT2D eigenvalue weighted by Crippen LogP contribution is 2.61. The van der Waals surface area contributed by atoms with Gasteiger partial charge in [0.15, 0.2) is 0 Å². The predicted molar refractivity (Wildman–Crippen MR) is 75.5 cm³/mol. The second-order valence-corrected chi connectivity index (χ2v) is 6.36. The van der Waals surface area contributed by atoms with Gasteiger partial charge in [-0.1, -0.05) is 18.2 Å². The van der Waals surface area contributed by atoms with Crippen molar-refractivity contribution in [2.75, 3.05) is 0 Å². The SMILES string of the molecule is N[C@@]1(C(=O)OCc2ccccc2C(F)(F)F)CC[C@H]2[C@H](C(=O)O)[C@H]21. The van der Waals surface area contributed by atoms with E-state index >= 15 is 0 Å². The molecule has 0 heterocycles. The number of rotatable bonds is 4. The number of alkyl halides is 3. The molecule has 1 aromatic carbocycles. The van der Waals surface area contributed by atoms with Gasteiger partial charge in [-0.25, -0.2) is 0 Å². The van der Waals surface area contributed by atoms with Gasteiger partial charge in [0.05, 0.1) is 11.5 Å². The van der Waals surface area contributed by atoms with Crippen molar-refractivity contribution in [1.29, 1.82) is 0 Å². The van der Waals surface area contributed by atoms with E-state index in [1.807, 2.05) is 0 Å². The van der Waals surface area contributed by atoms with Gasteiger partial charge in [0.1, 0.15) is 12.1 Å². The van der Waals surface area contributed by atoms with Crippen LogP contribution in [0.1, 0.15) is 24.0 Å². The molecular weight excluding hydrogens is 327 g/mol. The third kappa shape index (κ3) is 2.64. The molecule has 2 saturated carbocycles. The van der Waals surface area contributed by atoms with Crippen LogP contribution in [-0.2, 0) is 27.1 Å². The molecule has 2 aliphatic carbocycles. The number of aliphatic carboxylic acids is 1. The highest BCUT2D eigenvalue weighted by molar-refractivity contribution is 5.86. The molecule has 130 valence electrons. The van der Waals surface area contributed by atoms with Crippen molar-refractivity contribution >= 4 is 11.9 Å². The molecule has 0 aliphatic heterocycles. The molecule has 1 aromatic rings. The highest BCUT2D eigenvalue weighted by Gasteiger charge is 2.70. The lowest BCUT2D eigenvalue weighted by atomic mass is 9.91. The number of carbonyl (C=O) groups is 2. The summed E-state index contributed by atoms with van der Waals surface area (Å²) in [5, 5.41) is 9.07. The molecule has 0 spiro atoms. The first kappa shape index (κ1) is 16.8. The first-order valence-corrected chi connectivity index (χ1v) is 7.50. The molecule has 0 aromatic heterocycles. The molecule has 0 bridgehead atoms. The van der Waals surface area contributed by atoms with Gasteiger partial charge >= 0.3 is 18.1 Å². The summed E-state index contributed by atoms with van der Waals surface area (Å²) in [4.78, 5) is 23.4. The first-order chi connectivity index (χ1) is 11.2. The van der Waals surface area contributed by atoms with Crippen LogP contribution in [0.4, 0.5) is 13.2 Å². The monoisotopic (exact) mass is 343 g/mol. The lowest BCUT2D eigenvalue weighted by molar-refractivity contribution is -0.154. The molecule has 3 N–H and O–H groups in total. The van der Waals surface area contributed by atoms with E-state index in [-0.39, 0.29) is 17.9 Å². The van der Waals surface area contributed by atoms with E-state index in [2.05, 4.69) is 0 Å². The number of hydrogen-bond acceptors (Lipinski definition) is 4. The van der Waals surface area contributed by atoms with E-state index in [1.165, 1.54) is 18.2 Å². The van der Waals surface area contributed by atoms with Crippen LogP contribution in [0.15, 0.2) is 24.3 Å². The third-order valence-corrected chi connectivity index (χ3v) is 5.00. The maximum Gasteiger partial charge on any atom is 0.416 e. The average molecular weight is 343 g/mol. The smallest absolute Gasteiger partial charge is 0.416 e. The summed E-state index contributed by atoms with van der Waals surface area (Å²) in [6.07, 6.45) is -3.76. The Bertz CT molecular complexity index is 690. The standard InChI is InChI=1S/C16H16F3NO4/c17-16(18,19)10-4-2-1-3-8(10)7-24-14(23)15(20)6-5-9-11(12(9)15)13(21)22/h1-4,9,11-12H,5-7,20H2,(H,21,22)/t9-,11-,12-,15-/m0/s1. The van der Waals surface area contributed by atoms with Crippen LogP contribution in [0.25, 0.3) is 0 Å². The second-order valence-electron chi connectivity index (χ2n) is 6.36. The largest absolute Gasteiger partial charge is 0.481 e. The van der Waals surface area contributed by atoms with Crippen molar-refractivity contribution in [2.24, 2.45) is 23.5 Å². The van der Waals surface area contributed by atoms with E-state index in [4.69, 9.17) is 15.6 Å². The second kappa shape index (κ2) is 5.47. The Morgan fingerprint density at radius 3 is 2.58 bits per heavy atom. The summed E-state index contributed by atoms with van der Waals surface area (Å²) in [6.45, 7) is -0.553. The molecule has 4 atom stereocenters. The molecule has 0 unspecified atom stereocenters.